The number of fused-ring (bicyclic) bond motifs is 1. The first-order valence-corrected chi connectivity index (χ1v) is 7.29. The first kappa shape index (κ1) is 14.5. The van der Waals surface area contributed by atoms with Gasteiger partial charge in [0.25, 0.3) is 5.91 Å². The number of carbonyl (C=O) groups excluding carboxylic acids is 1. The highest BCUT2D eigenvalue weighted by atomic mass is 16.5. The Bertz CT molecular complexity index is 631. The summed E-state index contributed by atoms with van der Waals surface area (Å²) in [5.74, 6) is 0.423. The molecule has 114 valence electrons. The third-order valence-electron chi connectivity index (χ3n) is 3.57. The third kappa shape index (κ3) is 3.83. The molecule has 1 aromatic heterocycles. The first-order valence-electron chi connectivity index (χ1n) is 7.29. The zero-order valence-corrected chi connectivity index (χ0v) is 12.2. The van der Waals surface area contributed by atoms with E-state index in [1.807, 2.05) is 12.1 Å². The smallest absolute Gasteiger partial charge is 0.258 e. The van der Waals surface area contributed by atoms with E-state index in [1.54, 1.807) is 24.5 Å². The van der Waals surface area contributed by atoms with Crippen LogP contribution >= 0.6 is 0 Å². The Morgan fingerprint density at radius 2 is 2.14 bits per heavy atom. The van der Waals surface area contributed by atoms with Gasteiger partial charge in [0.2, 0.25) is 0 Å². The SMILES string of the molecule is O=C(COc1cccnc1)NCC1Cc2ccccc2CO1. The number of benzene rings is 1. The van der Waals surface area contributed by atoms with Gasteiger partial charge in [-0.15, -0.1) is 0 Å². The van der Waals surface area contributed by atoms with Crippen molar-refractivity contribution >= 4 is 5.91 Å². The molecular weight excluding hydrogens is 280 g/mol. The standard InChI is InChI=1S/C17H18N2O3/c20-17(12-22-15-6-3-7-18-9-15)19-10-16-8-13-4-1-2-5-14(13)11-21-16/h1-7,9,16H,8,10-12H2,(H,19,20). The second kappa shape index (κ2) is 7.04. The van der Waals surface area contributed by atoms with E-state index < -0.39 is 0 Å². The fourth-order valence-electron chi connectivity index (χ4n) is 2.40. The maximum Gasteiger partial charge on any atom is 0.258 e. The molecule has 0 fully saturated rings. The Morgan fingerprint density at radius 3 is 2.95 bits per heavy atom. The van der Waals surface area contributed by atoms with E-state index in [2.05, 4.69) is 22.4 Å². The molecule has 1 unspecified atom stereocenters. The topological polar surface area (TPSA) is 60.5 Å². The minimum atomic E-state index is -0.161. The van der Waals surface area contributed by atoms with Crippen molar-refractivity contribution in [1.82, 2.24) is 10.3 Å². The number of aromatic nitrogens is 1. The maximum atomic E-state index is 11.8. The molecule has 0 saturated carbocycles. The van der Waals surface area contributed by atoms with Gasteiger partial charge in [-0.25, -0.2) is 0 Å². The lowest BCUT2D eigenvalue weighted by Gasteiger charge is -2.25. The van der Waals surface area contributed by atoms with Crippen LogP contribution in [0.3, 0.4) is 0 Å². The molecule has 2 aromatic rings. The van der Waals surface area contributed by atoms with Gasteiger partial charge in [0.15, 0.2) is 6.61 Å². The Labute approximate surface area is 129 Å². The van der Waals surface area contributed by atoms with Crippen LogP contribution in [0.4, 0.5) is 0 Å². The summed E-state index contributed by atoms with van der Waals surface area (Å²) in [7, 11) is 0. The molecule has 1 atom stereocenters. The van der Waals surface area contributed by atoms with Gasteiger partial charge in [0, 0.05) is 19.2 Å². The highest BCUT2D eigenvalue weighted by Gasteiger charge is 2.19. The molecule has 5 heteroatoms. The lowest BCUT2D eigenvalue weighted by atomic mass is 9.99. The first-order chi connectivity index (χ1) is 10.8. The molecule has 1 amide bonds. The maximum absolute atomic E-state index is 11.8. The molecule has 0 bridgehead atoms. The third-order valence-corrected chi connectivity index (χ3v) is 3.57. The van der Waals surface area contributed by atoms with Crippen molar-refractivity contribution in [2.45, 2.75) is 19.1 Å². The van der Waals surface area contributed by atoms with Crippen molar-refractivity contribution in [3.8, 4) is 5.75 Å². The average Bonchev–Trinajstić information content (AvgIpc) is 2.59. The predicted octanol–water partition coefficient (Wildman–Crippen LogP) is 1.72. The molecule has 0 spiro atoms. The molecule has 1 N–H and O–H groups in total. The number of nitrogens with one attached hydrogen (secondary N) is 1. The molecule has 22 heavy (non-hydrogen) atoms. The van der Waals surface area contributed by atoms with Gasteiger partial charge < -0.3 is 14.8 Å². The number of carbonyl (C=O) groups is 1. The highest BCUT2D eigenvalue weighted by Crippen LogP contribution is 2.19. The van der Waals surface area contributed by atoms with Crippen LogP contribution in [0, 0.1) is 0 Å². The fraction of sp³-hybridized carbons (Fsp3) is 0.294. The summed E-state index contributed by atoms with van der Waals surface area (Å²) < 4.78 is 11.1. The van der Waals surface area contributed by atoms with Crippen LogP contribution in [0.15, 0.2) is 48.8 Å². The van der Waals surface area contributed by atoms with Gasteiger partial charge in [-0.1, -0.05) is 24.3 Å². The van der Waals surface area contributed by atoms with Crippen molar-refractivity contribution in [1.29, 1.82) is 0 Å². The van der Waals surface area contributed by atoms with Crippen LogP contribution in [0.1, 0.15) is 11.1 Å². The van der Waals surface area contributed by atoms with E-state index in [0.29, 0.717) is 18.9 Å². The minimum absolute atomic E-state index is 0.0113. The van der Waals surface area contributed by atoms with Crippen molar-refractivity contribution in [3.05, 3.63) is 59.9 Å². The molecule has 0 aliphatic carbocycles. The lowest BCUT2D eigenvalue weighted by molar-refractivity contribution is -0.123. The number of ether oxygens (including phenoxy) is 2. The Kier molecular flexibility index (Phi) is 4.65. The van der Waals surface area contributed by atoms with Gasteiger partial charge >= 0.3 is 0 Å². The van der Waals surface area contributed by atoms with Gasteiger partial charge in [-0.2, -0.15) is 0 Å². The quantitative estimate of drug-likeness (QED) is 0.913. The number of pyridine rings is 1. The molecule has 0 radical (unpaired) electrons. The second-order valence-electron chi connectivity index (χ2n) is 5.19. The minimum Gasteiger partial charge on any atom is -0.482 e. The van der Waals surface area contributed by atoms with Crippen LogP contribution in [0.25, 0.3) is 0 Å². The highest BCUT2D eigenvalue weighted by molar-refractivity contribution is 5.77. The zero-order valence-electron chi connectivity index (χ0n) is 12.2. The predicted molar refractivity (Wildman–Crippen MR) is 81.5 cm³/mol. The zero-order chi connectivity index (χ0) is 15.2. The molecule has 1 aliphatic heterocycles. The average molecular weight is 298 g/mol. The van der Waals surface area contributed by atoms with Gasteiger partial charge in [0.1, 0.15) is 5.75 Å². The lowest BCUT2D eigenvalue weighted by Crippen LogP contribution is -2.38. The number of hydrogen-bond donors (Lipinski definition) is 1. The van der Waals surface area contributed by atoms with E-state index >= 15 is 0 Å². The molecule has 5 nitrogen and oxygen atoms in total. The van der Waals surface area contributed by atoms with Crippen molar-refractivity contribution < 1.29 is 14.3 Å². The van der Waals surface area contributed by atoms with E-state index in [-0.39, 0.29) is 18.6 Å². The van der Waals surface area contributed by atoms with Crippen LogP contribution in [-0.2, 0) is 22.6 Å². The van der Waals surface area contributed by atoms with E-state index in [0.717, 1.165) is 6.42 Å². The molecule has 1 aromatic carbocycles. The number of nitrogens with zero attached hydrogens (tertiary/aromatic N) is 1. The van der Waals surface area contributed by atoms with Gasteiger partial charge in [-0.05, 0) is 23.3 Å². The monoisotopic (exact) mass is 298 g/mol. The molecule has 1 aliphatic rings. The summed E-state index contributed by atoms with van der Waals surface area (Å²) in [4.78, 5) is 15.7. The molecular formula is C17H18N2O3. The van der Waals surface area contributed by atoms with Crippen molar-refractivity contribution in [3.63, 3.8) is 0 Å². The van der Waals surface area contributed by atoms with Crippen LogP contribution in [0.2, 0.25) is 0 Å². The Morgan fingerprint density at radius 1 is 1.27 bits per heavy atom. The summed E-state index contributed by atoms with van der Waals surface area (Å²) in [6.07, 6.45) is 4.07. The number of hydrogen-bond acceptors (Lipinski definition) is 4. The van der Waals surface area contributed by atoms with Crippen LogP contribution in [-0.4, -0.2) is 30.1 Å². The number of amides is 1. The summed E-state index contributed by atoms with van der Waals surface area (Å²) >= 11 is 0. The summed E-state index contributed by atoms with van der Waals surface area (Å²) in [6.45, 7) is 1.07. The van der Waals surface area contributed by atoms with Gasteiger partial charge in [-0.3, -0.25) is 9.78 Å². The Hall–Kier alpha value is -2.40. The van der Waals surface area contributed by atoms with E-state index in [9.17, 15) is 4.79 Å². The molecule has 0 saturated heterocycles. The fourth-order valence-corrected chi connectivity index (χ4v) is 2.40. The van der Waals surface area contributed by atoms with Crippen LogP contribution in [0.5, 0.6) is 5.75 Å². The number of rotatable bonds is 5. The molecule has 3 rings (SSSR count). The van der Waals surface area contributed by atoms with E-state index in [1.165, 1.54) is 11.1 Å². The van der Waals surface area contributed by atoms with Crippen molar-refractivity contribution in [2.24, 2.45) is 0 Å². The van der Waals surface area contributed by atoms with Gasteiger partial charge in [0.05, 0.1) is 18.9 Å². The summed E-state index contributed by atoms with van der Waals surface area (Å²) in [5, 5.41) is 2.84. The summed E-state index contributed by atoms with van der Waals surface area (Å²) in [5.41, 5.74) is 2.52. The Balaban J connectivity index is 1.42. The van der Waals surface area contributed by atoms with Crippen LogP contribution < -0.4 is 10.1 Å². The van der Waals surface area contributed by atoms with Crippen molar-refractivity contribution in [2.75, 3.05) is 13.2 Å². The molecule has 2 heterocycles. The van der Waals surface area contributed by atoms with E-state index in [4.69, 9.17) is 9.47 Å². The largest absolute Gasteiger partial charge is 0.482 e. The normalized spacial score (nSPS) is 16.6. The summed E-state index contributed by atoms with van der Waals surface area (Å²) in [6, 6.07) is 11.8. The second-order valence-corrected chi connectivity index (χ2v) is 5.19.